The molecule has 20 heavy (non-hydrogen) atoms. The standard InChI is InChI=1S/C17H25N3/c1-3-10-20-16-7-5-4-6-15(16)19-17(20)12-18-13(2)11-14-8-9-14/h4-7,13-14,18H,3,8-12H2,1-2H3. The maximum Gasteiger partial charge on any atom is 0.123 e. The highest BCUT2D eigenvalue weighted by Crippen LogP contribution is 2.33. The summed E-state index contributed by atoms with van der Waals surface area (Å²) in [7, 11) is 0. The molecule has 1 aromatic carbocycles. The van der Waals surface area contributed by atoms with Crippen molar-refractivity contribution >= 4 is 11.0 Å². The minimum atomic E-state index is 0.595. The zero-order valence-corrected chi connectivity index (χ0v) is 12.6. The molecule has 1 aliphatic rings. The highest BCUT2D eigenvalue weighted by atomic mass is 15.1. The molecule has 1 unspecified atom stereocenters. The maximum absolute atomic E-state index is 4.80. The molecule has 108 valence electrons. The second-order valence-corrected chi connectivity index (χ2v) is 6.13. The highest BCUT2D eigenvalue weighted by Gasteiger charge is 2.23. The average Bonchev–Trinajstić information content (AvgIpc) is 3.19. The summed E-state index contributed by atoms with van der Waals surface area (Å²) in [5, 5.41) is 3.65. The van der Waals surface area contributed by atoms with Gasteiger partial charge in [0.15, 0.2) is 0 Å². The number of aromatic nitrogens is 2. The molecule has 2 aromatic rings. The van der Waals surface area contributed by atoms with Crippen LogP contribution in [0.2, 0.25) is 0 Å². The first-order chi connectivity index (χ1) is 9.78. The fraction of sp³-hybridized carbons (Fsp3) is 0.588. The first kappa shape index (κ1) is 13.6. The summed E-state index contributed by atoms with van der Waals surface area (Å²) >= 11 is 0. The molecular weight excluding hydrogens is 246 g/mol. The average molecular weight is 271 g/mol. The third kappa shape index (κ3) is 3.04. The molecule has 0 spiro atoms. The summed E-state index contributed by atoms with van der Waals surface area (Å²) in [6, 6.07) is 9.05. The molecule has 1 atom stereocenters. The van der Waals surface area contributed by atoms with E-state index in [4.69, 9.17) is 4.98 Å². The predicted octanol–water partition coefficient (Wildman–Crippen LogP) is 3.72. The molecule has 0 radical (unpaired) electrons. The van der Waals surface area contributed by atoms with E-state index in [2.05, 4.69) is 48.0 Å². The van der Waals surface area contributed by atoms with Crippen molar-refractivity contribution in [2.45, 2.75) is 58.7 Å². The molecular formula is C17H25N3. The summed E-state index contributed by atoms with van der Waals surface area (Å²) in [5.74, 6) is 2.16. The summed E-state index contributed by atoms with van der Waals surface area (Å²) in [5.41, 5.74) is 2.38. The minimum absolute atomic E-state index is 0.595. The number of nitrogens with one attached hydrogen (secondary N) is 1. The molecule has 1 fully saturated rings. The Morgan fingerprint density at radius 2 is 2.15 bits per heavy atom. The van der Waals surface area contributed by atoms with Gasteiger partial charge in [-0.3, -0.25) is 0 Å². The van der Waals surface area contributed by atoms with Crippen LogP contribution in [0.1, 0.15) is 45.4 Å². The molecule has 3 rings (SSSR count). The Labute approximate surface area is 121 Å². The van der Waals surface area contributed by atoms with Gasteiger partial charge in [0.05, 0.1) is 17.6 Å². The van der Waals surface area contributed by atoms with Crippen LogP contribution >= 0.6 is 0 Å². The number of hydrogen-bond donors (Lipinski definition) is 1. The van der Waals surface area contributed by atoms with Gasteiger partial charge in [-0.15, -0.1) is 0 Å². The summed E-state index contributed by atoms with van der Waals surface area (Å²) in [6.07, 6.45) is 5.32. The van der Waals surface area contributed by atoms with Gasteiger partial charge in [0.25, 0.3) is 0 Å². The van der Waals surface area contributed by atoms with Crippen LogP contribution in [0, 0.1) is 5.92 Å². The molecule has 1 saturated carbocycles. The van der Waals surface area contributed by atoms with Crippen LogP contribution in [0.15, 0.2) is 24.3 Å². The van der Waals surface area contributed by atoms with E-state index in [9.17, 15) is 0 Å². The minimum Gasteiger partial charge on any atom is -0.327 e. The fourth-order valence-electron chi connectivity index (χ4n) is 2.94. The van der Waals surface area contributed by atoms with Gasteiger partial charge in [-0.1, -0.05) is 31.9 Å². The molecule has 0 saturated heterocycles. The first-order valence-corrected chi connectivity index (χ1v) is 7.95. The molecule has 1 aliphatic carbocycles. The van der Waals surface area contributed by atoms with Crippen LogP contribution < -0.4 is 5.32 Å². The highest BCUT2D eigenvalue weighted by molar-refractivity contribution is 5.75. The van der Waals surface area contributed by atoms with Crippen LogP contribution in [-0.2, 0) is 13.1 Å². The predicted molar refractivity (Wildman–Crippen MR) is 83.7 cm³/mol. The molecule has 1 heterocycles. The molecule has 0 bridgehead atoms. The smallest absolute Gasteiger partial charge is 0.123 e. The second kappa shape index (κ2) is 5.96. The SMILES string of the molecule is CCCn1c(CNC(C)CC2CC2)nc2ccccc21. The Morgan fingerprint density at radius 1 is 1.35 bits per heavy atom. The number of rotatable bonds is 7. The Kier molecular flexibility index (Phi) is 4.06. The Morgan fingerprint density at radius 3 is 2.90 bits per heavy atom. The topological polar surface area (TPSA) is 29.9 Å². The number of imidazole rings is 1. The Hall–Kier alpha value is -1.35. The van der Waals surface area contributed by atoms with E-state index in [-0.39, 0.29) is 0 Å². The number of hydrogen-bond acceptors (Lipinski definition) is 2. The molecule has 3 heteroatoms. The van der Waals surface area contributed by atoms with Crippen molar-refractivity contribution in [3.05, 3.63) is 30.1 Å². The molecule has 0 aliphatic heterocycles. The lowest BCUT2D eigenvalue weighted by molar-refractivity contribution is 0.471. The molecule has 1 N–H and O–H groups in total. The van der Waals surface area contributed by atoms with Gasteiger partial charge in [-0.25, -0.2) is 4.98 Å². The largest absolute Gasteiger partial charge is 0.327 e. The lowest BCUT2D eigenvalue weighted by Crippen LogP contribution is -2.27. The van der Waals surface area contributed by atoms with E-state index in [0.717, 1.165) is 30.9 Å². The molecule has 1 aromatic heterocycles. The maximum atomic E-state index is 4.80. The van der Waals surface area contributed by atoms with Crippen molar-refractivity contribution in [2.75, 3.05) is 0 Å². The quantitative estimate of drug-likeness (QED) is 0.831. The van der Waals surface area contributed by atoms with Crippen LogP contribution in [0.5, 0.6) is 0 Å². The summed E-state index contributed by atoms with van der Waals surface area (Å²) < 4.78 is 2.37. The van der Waals surface area contributed by atoms with Gasteiger partial charge in [-0.2, -0.15) is 0 Å². The number of benzene rings is 1. The van der Waals surface area contributed by atoms with Crippen LogP contribution in [0.4, 0.5) is 0 Å². The molecule has 0 amide bonds. The number of fused-ring (bicyclic) bond motifs is 1. The van der Waals surface area contributed by atoms with Gasteiger partial charge < -0.3 is 9.88 Å². The number of para-hydroxylation sites is 2. The third-order valence-corrected chi connectivity index (χ3v) is 4.17. The third-order valence-electron chi connectivity index (χ3n) is 4.17. The monoisotopic (exact) mass is 271 g/mol. The summed E-state index contributed by atoms with van der Waals surface area (Å²) in [4.78, 5) is 4.80. The van der Waals surface area contributed by atoms with Crippen LogP contribution in [0.3, 0.4) is 0 Å². The fourth-order valence-corrected chi connectivity index (χ4v) is 2.94. The van der Waals surface area contributed by atoms with Crippen molar-refractivity contribution < 1.29 is 0 Å². The second-order valence-electron chi connectivity index (χ2n) is 6.13. The van der Waals surface area contributed by atoms with Crippen molar-refractivity contribution in [1.82, 2.24) is 14.9 Å². The van der Waals surface area contributed by atoms with Crippen molar-refractivity contribution in [2.24, 2.45) is 5.92 Å². The van der Waals surface area contributed by atoms with Gasteiger partial charge in [-0.05, 0) is 37.8 Å². The van der Waals surface area contributed by atoms with Gasteiger partial charge in [0, 0.05) is 12.6 Å². The van der Waals surface area contributed by atoms with E-state index in [1.165, 1.54) is 30.6 Å². The van der Waals surface area contributed by atoms with E-state index in [1.54, 1.807) is 0 Å². The van der Waals surface area contributed by atoms with Gasteiger partial charge in [0.2, 0.25) is 0 Å². The Balaban J connectivity index is 1.73. The van der Waals surface area contributed by atoms with Crippen LogP contribution in [-0.4, -0.2) is 15.6 Å². The van der Waals surface area contributed by atoms with Gasteiger partial charge >= 0.3 is 0 Å². The van der Waals surface area contributed by atoms with Crippen molar-refractivity contribution in [1.29, 1.82) is 0 Å². The van der Waals surface area contributed by atoms with Crippen molar-refractivity contribution in [3.63, 3.8) is 0 Å². The van der Waals surface area contributed by atoms with E-state index >= 15 is 0 Å². The van der Waals surface area contributed by atoms with Crippen molar-refractivity contribution in [3.8, 4) is 0 Å². The van der Waals surface area contributed by atoms with E-state index < -0.39 is 0 Å². The van der Waals surface area contributed by atoms with E-state index in [0.29, 0.717) is 6.04 Å². The van der Waals surface area contributed by atoms with E-state index in [1.807, 2.05) is 0 Å². The normalized spacial score (nSPS) is 16.7. The molecule has 3 nitrogen and oxygen atoms in total. The Bertz CT molecular complexity index is 569. The zero-order chi connectivity index (χ0) is 13.9. The van der Waals surface area contributed by atoms with Gasteiger partial charge in [0.1, 0.15) is 5.82 Å². The number of aryl methyl sites for hydroxylation is 1. The number of nitrogens with zero attached hydrogens (tertiary/aromatic N) is 2. The summed E-state index contributed by atoms with van der Waals surface area (Å²) in [6.45, 7) is 6.45. The van der Waals surface area contributed by atoms with Crippen LogP contribution in [0.25, 0.3) is 11.0 Å². The lowest BCUT2D eigenvalue weighted by Gasteiger charge is -2.14. The zero-order valence-electron chi connectivity index (χ0n) is 12.6. The lowest BCUT2D eigenvalue weighted by atomic mass is 10.1. The first-order valence-electron chi connectivity index (χ1n) is 7.95.